The Morgan fingerprint density at radius 2 is 2.06 bits per heavy atom. The van der Waals surface area contributed by atoms with E-state index in [9.17, 15) is 4.79 Å². The largest absolute Gasteiger partial charge is 0.348 e. The Hall–Kier alpha value is -2.17. The molecule has 1 fully saturated rings. The summed E-state index contributed by atoms with van der Waals surface area (Å²) < 4.78 is 1.59. The van der Waals surface area contributed by atoms with Crippen LogP contribution in [0.25, 0.3) is 5.69 Å². The van der Waals surface area contributed by atoms with Crippen LogP contribution in [0, 0.1) is 6.92 Å². The maximum absolute atomic E-state index is 12.2. The Morgan fingerprint density at radius 1 is 1.33 bits per heavy atom. The van der Waals surface area contributed by atoms with Crippen molar-refractivity contribution in [1.82, 2.24) is 20.3 Å². The van der Waals surface area contributed by atoms with Crippen molar-refractivity contribution in [2.24, 2.45) is 0 Å². The second kappa shape index (κ2) is 4.25. The van der Waals surface area contributed by atoms with Crippen LogP contribution in [0.2, 0.25) is 0 Å². The number of hydrogen-bond acceptors (Lipinski definition) is 3. The van der Waals surface area contributed by atoms with Gasteiger partial charge in [0.2, 0.25) is 0 Å². The maximum atomic E-state index is 12.2. The molecule has 2 aromatic rings. The lowest BCUT2D eigenvalue weighted by molar-refractivity contribution is 0.0942. The molecular weight excluding hydrogens is 228 g/mol. The van der Waals surface area contributed by atoms with Gasteiger partial charge in [-0.3, -0.25) is 4.79 Å². The average Bonchev–Trinajstić information content (AvgIpc) is 3.10. The first-order valence-electron chi connectivity index (χ1n) is 6.04. The van der Waals surface area contributed by atoms with Crippen molar-refractivity contribution in [3.63, 3.8) is 0 Å². The van der Waals surface area contributed by atoms with Crippen LogP contribution in [0.15, 0.2) is 30.3 Å². The molecule has 1 aliphatic rings. The number of aryl methyl sites for hydroxylation is 1. The predicted octanol–water partition coefficient (Wildman–Crippen LogP) is 1.47. The van der Waals surface area contributed by atoms with Gasteiger partial charge in [-0.25, -0.2) is 4.68 Å². The second-order valence-corrected chi connectivity index (χ2v) is 4.52. The minimum Gasteiger partial charge on any atom is -0.348 e. The first-order valence-corrected chi connectivity index (χ1v) is 6.04. The fourth-order valence-electron chi connectivity index (χ4n) is 1.85. The fraction of sp³-hybridized carbons (Fsp3) is 0.308. The lowest BCUT2D eigenvalue weighted by atomic mass is 10.2. The van der Waals surface area contributed by atoms with Gasteiger partial charge in [0.15, 0.2) is 5.69 Å². The van der Waals surface area contributed by atoms with Crippen molar-refractivity contribution in [2.45, 2.75) is 25.8 Å². The maximum Gasteiger partial charge on any atom is 0.272 e. The zero-order valence-corrected chi connectivity index (χ0v) is 10.1. The normalized spacial score (nSPS) is 14.5. The van der Waals surface area contributed by atoms with Gasteiger partial charge in [0.25, 0.3) is 5.91 Å². The van der Waals surface area contributed by atoms with E-state index in [-0.39, 0.29) is 5.91 Å². The molecule has 1 aliphatic carbocycles. The van der Waals surface area contributed by atoms with Crippen molar-refractivity contribution >= 4 is 5.91 Å². The van der Waals surface area contributed by atoms with E-state index in [1.54, 1.807) is 11.6 Å². The van der Waals surface area contributed by atoms with Gasteiger partial charge in [0.05, 0.1) is 11.4 Å². The van der Waals surface area contributed by atoms with Gasteiger partial charge < -0.3 is 5.32 Å². The Morgan fingerprint density at radius 3 is 2.72 bits per heavy atom. The zero-order chi connectivity index (χ0) is 12.5. The number of carbonyl (C=O) groups is 1. The Kier molecular flexibility index (Phi) is 2.59. The molecule has 1 saturated carbocycles. The topological polar surface area (TPSA) is 59.8 Å². The minimum absolute atomic E-state index is 0.0937. The van der Waals surface area contributed by atoms with E-state index in [0.717, 1.165) is 18.5 Å². The van der Waals surface area contributed by atoms with Gasteiger partial charge in [-0.05, 0) is 31.9 Å². The molecule has 5 nitrogen and oxygen atoms in total. The van der Waals surface area contributed by atoms with Crippen molar-refractivity contribution < 1.29 is 4.79 Å². The number of amides is 1. The fourth-order valence-corrected chi connectivity index (χ4v) is 1.85. The van der Waals surface area contributed by atoms with Crippen LogP contribution in [0.4, 0.5) is 0 Å². The number of nitrogens with zero attached hydrogens (tertiary/aromatic N) is 3. The molecule has 0 radical (unpaired) electrons. The lowest BCUT2D eigenvalue weighted by Gasteiger charge is -2.07. The first-order chi connectivity index (χ1) is 8.75. The Balaban J connectivity index is 1.98. The average molecular weight is 242 g/mol. The summed E-state index contributed by atoms with van der Waals surface area (Å²) in [6.07, 6.45) is 2.13. The van der Waals surface area contributed by atoms with Crippen molar-refractivity contribution in [2.75, 3.05) is 0 Å². The van der Waals surface area contributed by atoms with Gasteiger partial charge in [0, 0.05) is 6.04 Å². The molecule has 0 aliphatic heterocycles. The monoisotopic (exact) mass is 242 g/mol. The second-order valence-electron chi connectivity index (χ2n) is 4.52. The molecule has 0 unspecified atom stereocenters. The van der Waals surface area contributed by atoms with Crippen LogP contribution in [0.5, 0.6) is 0 Å². The van der Waals surface area contributed by atoms with Crippen molar-refractivity contribution in [3.8, 4) is 5.69 Å². The van der Waals surface area contributed by atoms with Crippen LogP contribution in [-0.4, -0.2) is 26.9 Å². The molecule has 18 heavy (non-hydrogen) atoms. The quantitative estimate of drug-likeness (QED) is 0.886. The molecule has 3 rings (SSSR count). The number of nitrogens with one attached hydrogen (secondary N) is 1. The van der Waals surface area contributed by atoms with Gasteiger partial charge in [0.1, 0.15) is 0 Å². The van der Waals surface area contributed by atoms with E-state index < -0.39 is 0 Å². The first kappa shape index (κ1) is 11.0. The summed E-state index contributed by atoms with van der Waals surface area (Å²) in [6.45, 7) is 1.80. The highest BCUT2D eigenvalue weighted by Crippen LogP contribution is 2.20. The predicted molar refractivity (Wildman–Crippen MR) is 66.6 cm³/mol. The number of hydrogen-bond donors (Lipinski definition) is 1. The number of benzene rings is 1. The van der Waals surface area contributed by atoms with Crippen LogP contribution in [0.3, 0.4) is 0 Å². The van der Waals surface area contributed by atoms with E-state index in [0.29, 0.717) is 17.4 Å². The van der Waals surface area contributed by atoms with Gasteiger partial charge in [-0.1, -0.05) is 23.4 Å². The Bertz CT molecular complexity index is 572. The summed E-state index contributed by atoms with van der Waals surface area (Å²) >= 11 is 0. The van der Waals surface area contributed by atoms with Gasteiger partial charge >= 0.3 is 0 Å². The summed E-state index contributed by atoms with van der Waals surface area (Å²) in [7, 11) is 0. The van der Waals surface area contributed by atoms with Crippen LogP contribution < -0.4 is 5.32 Å². The molecule has 1 aromatic carbocycles. The van der Waals surface area contributed by atoms with Crippen molar-refractivity contribution in [1.29, 1.82) is 0 Å². The van der Waals surface area contributed by atoms with E-state index in [2.05, 4.69) is 15.6 Å². The van der Waals surface area contributed by atoms with Crippen LogP contribution in [-0.2, 0) is 0 Å². The molecule has 1 amide bonds. The summed E-state index contributed by atoms with van der Waals surface area (Å²) in [4.78, 5) is 12.2. The summed E-state index contributed by atoms with van der Waals surface area (Å²) in [5.41, 5.74) is 2.02. The molecule has 1 aromatic heterocycles. The Labute approximate surface area is 105 Å². The molecule has 0 bridgehead atoms. The third-order valence-electron chi connectivity index (χ3n) is 2.97. The third-order valence-corrected chi connectivity index (χ3v) is 2.97. The number of carbonyl (C=O) groups excluding carboxylic acids is 1. The van der Waals surface area contributed by atoms with Crippen LogP contribution >= 0.6 is 0 Å². The highest BCUT2D eigenvalue weighted by atomic mass is 16.2. The molecule has 1 heterocycles. The van der Waals surface area contributed by atoms with Gasteiger partial charge in [-0.15, -0.1) is 5.10 Å². The van der Waals surface area contributed by atoms with E-state index in [1.807, 2.05) is 30.3 Å². The number of aromatic nitrogens is 3. The van der Waals surface area contributed by atoms with Gasteiger partial charge in [-0.2, -0.15) is 0 Å². The molecule has 0 atom stereocenters. The van der Waals surface area contributed by atoms with E-state index in [1.165, 1.54) is 0 Å². The molecular formula is C13H14N4O. The summed E-state index contributed by atoms with van der Waals surface area (Å²) in [5.74, 6) is -0.0937. The molecule has 1 N–H and O–H groups in total. The summed E-state index contributed by atoms with van der Waals surface area (Å²) in [6, 6.07) is 9.89. The minimum atomic E-state index is -0.0937. The number of para-hydroxylation sites is 1. The highest BCUT2D eigenvalue weighted by molar-refractivity contribution is 5.94. The van der Waals surface area contributed by atoms with E-state index >= 15 is 0 Å². The standard InChI is InChI=1S/C13H14N4O/c1-9-12(13(18)14-10-7-8-10)17(16-15-9)11-5-3-2-4-6-11/h2-6,10H,7-8H2,1H3,(H,14,18). The smallest absolute Gasteiger partial charge is 0.272 e. The highest BCUT2D eigenvalue weighted by Gasteiger charge is 2.27. The molecule has 92 valence electrons. The third kappa shape index (κ3) is 1.99. The van der Waals surface area contributed by atoms with Crippen molar-refractivity contribution in [3.05, 3.63) is 41.7 Å². The molecule has 0 saturated heterocycles. The number of rotatable bonds is 3. The molecule has 5 heteroatoms. The molecule has 0 spiro atoms. The zero-order valence-electron chi connectivity index (χ0n) is 10.1. The van der Waals surface area contributed by atoms with E-state index in [4.69, 9.17) is 0 Å². The summed E-state index contributed by atoms with van der Waals surface area (Å²) in [5, 5.41) is 11.0. The van der Waals surface area contributed by atoms with Crippen LogP contribution in [0.1, 0.15) is 29.0 Å². The lowest BCUT2D eigenvalue weighted by Crippen LogP contribution is -2.28. The SMILES string of the molecule is Cc1nnn(-c2ccccc2)c1C(=O)NC1CC1.